The van der Waals surface area contributed by atoms with Crippen LogP contribution in [0.15, 0.2) is 102 Å². The molecule has 41 heavy (non-hydrogen) atoms. The summed E-state index contributed by atoms with van der Waals surface area (Å²) in [6, 6.07) is 30.3. The minimum absolute atomic E-state index is 0.0623. The van der Waals surface area contributed by atoms with E-state index >= 15 is 0 Å². The van der Waals surface area contributed by atoms with Gasteiger partial charge in [-0.25, -0.2) is 8.42 Å². The number of methoxy groups -OCH3 is 1. The number of nitrogens with one attached hydrogen (secondary N) is 1. The van der Waals surface area contributed by atoms with Crippen LogP contribution in [0.1, 0.15) is 27.0 Å². The monoisotopic (exact) mass is 569 g/mol. The number of nitrogens with zero attached hydrogens (tertiary/aromatic N) is 2. The van der Waals surface area contributed by atoms with Crippen molar-refractivity contribution in [3.05, 3.63) is 119 Å². The van der Waals surface area contributed by atoms with Crippen LogP contribution in [0.3, 0.4) is 0 Å². The van der Waals surface area contributed by atoms with Gasteiger partial charge in [-0.15, -0.1) is 0 Å². The first-order chi connectivity index (χ1) is 19.8. The highest BCUT2D eigenvalue weighted by molar-refractivity contribution is 7.92. The van der Waals surface area contributed by atoms with Gasteiger partial charge in [-0.1, -0.05) is 60.7 Å². The number of rotatable bonds is 9. The first-order valence-electron chi connectivity index (χ1n) is 13.8. The molecule has 1 saturated heterocycles. The minimum atomic E-state index is -3.88. The van der Waals surface area contributed by atoms with Gasteiger partial charge in [-0.2, -0.15) is 0 Å². The van der Waals surface area contributed by atoms with E-state index in [1.54, 1.807) is 36.3 Å². The first-order valence-corrected chi connectivity index (χ1v) is 15.3. The van der Waals surface area contributed by atoms with Crippen LogP contribution in [0.2, 0.25) is 0 Å². The number of sulfonamides is 1. The summed E-state index contributed by atoms with van der Waals surface area (Å²) < 4.78 is 34.7. The molecule has 0 atom stereocenters. The molecule has 0 radical (unpaired) electrons. The molecule has 0 spiro atoms. The Balaban J connectivity index is 1.23. The molecule has 4 aromatic rings. The molecule has 0 unspecified atom stereocenters. The van der Waals surface area contributed by atoms with E-state index in [2.05, 4.69) is 21.8 Å². The largest absolute Gasteiger partial charge is 0.495 e. The number of hydrogen-bond donors (Lipinski definition) is 1. The summed E-state index contributed by atoms with van der Waals surface area (Å²) in [5.74, 6) is 0.636. The number of amides is 1. The molecule has 1 amide bonds. The van der Waals surface area contributed by atoms with Crippen molar-refractivity contribution >= 4 is 27.3 Å². The van der Waals surface area contributed by atoms with Gasteiger partial charge in [0.25, 0.3) is 15.9 Å². The maximum absolute atomic E-state index is 13.5. The summed E-state index contributed by atoms with van der Waals surface area (Å²) in [5, 5.41) is 0. The molecular weight excluding hydrogens is 534 g/mol. The summed E-state index contributed by atoms with van der Waals surface area (Å²) in [4.78, 5) is 17.5. The van der Waals surface area contributed by atoms with Crippen molar-refractivity contribution in [2.75, 3.05) is 42.9 Å². The topological polar surface area (TPSA) is 79.0 Å². The van der Waals surface area contributed by atoms with Gasteiger partial charge in [0, 0.05) is 37.4 Å². The van der Waals surface area contributed by atoms with E-state index < -0.39 is 10.0 Å². The standard InChI is InChI=1S/C33H35N3O4S/c1-25-12-19-29(41(38,39)34-28-17-15-27(16-18-28)14-13-26-8-4-3-5-9-26)24-30(25)33(37)36-22-20-35(21-23-36)31-10-6-7-11-32(31)40-2/h3-12,15-19,24,34H,13-14,20-23H2,1-2H3. The molecule has 0 bridgehead atoms. The number of para-hydroxylation sites is 2. The Hall–Kier alpha value is -4.30. The van der Waals surface area contributed by atoms with Gasteiger partial charge in [0.2, 0.25) is 0 Å². The van der Waals surface area contributed by atoms with E-state index in [0.29, 0.717) is 37.4 Å². The van der Waals surface area contributed by atoms with E-state index in [4.69, 9.17) is 4.74 Å². The highest BCUT2D eigenvalue weighted by Crippen LogP contribution is 2.29. The van der Waals surface area contributed by atoms with Crippen LogP contribution in [0.4, 0.5) is 11.4 Å². The first kappa shape index (κ1) is 28.2. The summed E-state index contributed by atoms with van der Waals surface area (Å²) in [6.07, 6.45) is 1.79. The summed E-state index contributed by atoms with van der Waals surface area (Å²) >= 11 is 0. The third-order valence-corrected chi connectivity index (χ3v) is 8.87. The minimum Gasteiger partial charge on any atom is -0.495 e. The Labute approximate surface area is 242 Å². The normalized spacial score (nSPS) is 13.6. The third kappa shape index (κ3) is 6.72. The second-order valence-electron chi connectivity index (χ2n) is 10.2. The molecule has 0 aromatic heterocycles. The Morgan fingerprint density at radius 2 is 1.44 bits per heavy atom. The molecule has 1 fully saturated rings. The maximum atomic E-state index is 13.5. The molecule has 0 aliphatic carbocycles. The van der Waals surface area contributed by atoms with Gasteiger partial charge >= 0.3 is 0 Å². The van der Waals surface area contributed by atoms with Crippen molar-refractivity contribution in [3.63, 3.8) is 0 Å². The number of carbonyl (C=O) groups excluding carboxylic acids is 1. The Bertz CT molecular complexity index is 1600. The van der Waals surface area contributed by atoms with E-state index in [0.717, 1.165) is 35.4 Å². The molecular formula is C33H35N3O4S. The number of anilines is 2. The van der Waals surface area contributed by atoms with E-state index in [-0.39, 0.29) is 10.8 Å². The van der Waals surface area contributed by atoms with Gasteiger partial charge in [-0.05, 0) is 72.9 Å². The lowest BCUT2D eigenvalue weighted by atomic mass is 10.0. The molecule has 4 aromatic carbocycles. The Kier molecular flexibility index (Phi) is 8.59. The summed E-state index contributed by atoms with van der Waals surface area (Å²) in [7, 11) is -2.23. The van der Waals surface area contributed by atoms with Crippen molar-refractivity contribution in [3.8, 4) is 5.75 Å². The van der Waals surface area contributed by atoms with Gasteiger partial charge in [0.15, 0.2) is 0 Å². The summed E-state index contributed by atoms with van der Waals surface area (Å²) in [5.41, 5.74) is 5.01. The predicted octanol–water partition coefficient (Wildman–Crippen LogP) is 5.55. The van der Waals surface area contributed by atoms with Crippen LogP contribution in [0.5, 0.6) is 5.75 Å². The van der Waals surface area contributed by atoms with Crippen molar-refractivity contribution in [1.82, 2.24) is 4.90 Å². The molecule has 1 aliphatic rings. The van der Waals surface area contributed by atoms with E-state index in [1.165, 1.54) is 11.6 Å². The number of carbonyl (C=O) groups is 1. The quantitative estimate of drug-likeness (QED) is 0.286. The zero-order valence-electron chi connectivity index (χ0n) is 23.4. The lowest BCUT2D eigenvalue weighted by Gasteiger charge is -2.36. The Morgan fingerprint density at radius 3 is 2.12 bits per heavy atom. The van der Waals surface area contributed by atoms with Crippen LogP contribution in [0, 0.1) is 6.92 Å². The zero-order chi connectivity index (χ0) is 28.8. The molecule has 8 heteroatoms. The second kappa shape index (κ2) is 12.5. The number of hydrogen-bond acceptors (Lipinski definition) is 5. The lowest BCUT2D eigenvalue weighted by Crippen LogP contribution is -2.49. The third-order valence-electron chi connectivity index (χ3n) is 7.49. The van der Waals surface area contributed by atoms with Crippen molar-refractivity contribution < 1.29 is 17.9 Å². The van der Waals surface area contributed by atoms with Crippen LogP contribution in [-0.2, 0) is 22.9 Å². The van der Waals surface area contributed by atoms with Gasteiger partial charge in [0.05, 0.1) is 17.7 Å². The molecule has 1 N–H and O–H groups in total. The maximum Gasteiger partial charge on any atom is 0.261 e. The SMILES string of the molecule is COc1ccccc1N1CCN(C(=O)c2cc(S(=O)(=O)Nc3ccc(CCc4ccccc4)cc3)ccc2C)CC1. The van der Waals surface area contributed by atoms with Gasteiger partial charge < -0.3 is 14.5 Å². The predicted molar refractivity (Wildman–Crippen MR) is 163 cm³/mol. The van der Waals surface area contributed by atoms with Crippen LogP contribution < -0.4 is 14.4 Å². The smallest absolute Gasteiger partial charge is 0.261 e. The fourth-order valence-corrected chi connectivity index (χ4v) is 6.18. The Morgan fingerprint density at radius 1 is 0.805 bits per heavy atom. The van der Waals surface area contributed by atoms with Crippen molar-refractivity contribution in [1.29, 1.82) is 0 Å². The fraction of sp³-hybridized carbons (Fsp3) is 0.242. The van der Waals surface area contributed by atoms with Gasteiger partial charge in [0.1, 0.15) is 5.75 Å². The molecule has 1 aliphatic heterocycles. The van der Waals surface area contributed by atoms with Crippen LogP contribution in [0.25, 0.3) is 0 Å². The molecule has 1 heterocycles. The second-order valence-corrected chi connectivity index (χ2v) is 11.9. The highest BCUT2D eigenvalue weighted by atomic mass is 32.2. The molecule has 5 rings (SSSR count). The number of piperazine rings is 1. The fourth-order valence-electron chi connectivity index (χ4n) is 5.10. The number of ether oxygens (including phenoxy) is 1. The average molecular weight is 570 g/mol. The van der Waals surface area contributed by atoms with Crippen LogP contribution in [-0.4, -0.2) is 52.5 Å². The molecule has 212 valence electrons. The van der Waals surface area contributed by atoms with Crippen molar-refractivity contribution in [2.45, 2.75) is 24.7 Å². The van der Waals surface area contributed by atoms with Crippen molar-refractivity contribution in [2.24, 2.45) is 0 Å². The average Bonchev–Trinajstić information content (AvgIpc) is 3.01. The van der Waals surface area contributed by atoms with E-state index in [1.807, 2.05) is 61.5 Å². The number of benzene rings is 4. The zero-order valence-corrected chi connectivity index (χ0v) is 24.2. The number of aryl methyl sites for hydroxylation is 3. The van der Waals surface area contributed by atoms with Gasteiger partial charge in [-0.3, -0.25) is 9.52 Å². The lowest BCUT2D eigenvalue weighted by molar-refractivity contribution is 0.0745. The highest BCUT2D eigenvalue weighted by Gasteiger charge is 2.26. The molecule has 7 nitrogen and oxygen atoms in total. The van der Waals surface area contributed by atoms with E-state index in [9.17, 15) is 13.2 Å². The summed E-state index contributed by atoms with van der Waals surface area (Å²) in [6.45, 7) is 4.21. The molecule has 0 saturated carbocycles. The van der Waals surface area contributed by atoms with Crippen LogP contribution >= 0.6 is 0 Å².